The number of fused-ring (bicyclic) bond motifs is 1. The average Bonchev–Trinajstić information content (AvgIpc) is 2.88. The number of hydrogen-bond donors (Lipinski definition) is 1. The van der Waals surface area contributed by atoms with E-state index in [1.807, 2.05) is 13.0 Å². The number of carbonyl (C=O) groups excluding carboxylic acids is 2. The molecule has 2 amide bonds. The summed E-state index contributed by atoms with van der Waals surface area (Å²) >= 11 is 6.10. The van der Waals surface area contributed by atoms with Crippen molar-refractivity contribution in [2.75, 3.05) is 9.80 Å². The Kier molecular flexibility index (Phi) is 7.74. The Labute approximate surface area is 219 Å². The van der Waals surface area contributed by atoms with Crippen LogP contribution in [0.4, 0.5) is 15.8 Å². The van der Waals surface area contributed by atoms with Crippen molar-refractivity contribution < 1.29 is 23.9 Å². The number of halogens is 2. The number of benzene rings is 3. The highest BCUT2D eigenvalue weighted by Gasteiger charge is 2.38. The molecular formula is C29H26ClFN2O4. The SMILES string of the molecule is CCC(=O)N(c1ccc(Cl)cc1)[C@H]1C[C@@H](C)N(C(=O)c2ccc(F)cc2)c2ccc(C=CC(=O)O)cc21. The van der Waals surface area contributed by atoms with Crippen LogP contribution in [0.1, 0.15) is 54.2 Å². The largest absolute Gasteiger partial charge is 0.478 e. The lowest BCUT2D eigenvalue weighted by molar-refractivity contribution is -0.131. The van der Waals surface area contributed by atoms with E-state index in [9.17, 15) is 18.8 Å². The van der Waals surface area contributed by atoms with Gasteiger partial charge < -0.3 is 14.9 Å². The number of carboxylic acids is 1. The minimum Gasteiger partial charge on any atom is -0.478 e. The van der Waals surface area contributed by atoms with Crippen molar-refractivity contribution in [3.8, 4) is 0 Å². The summed E-state index contributed by atoms with van der Waals surface area (Å²) in [4.78, 5) is 41.3. The molecule has 1 N–H and O–H groups in total. The van der Waals surface area contributed by atoms with E-state index in [2.05, 4.69) is 0 Å². The number of hydrogen-bond acceptors (Lipinski definition) is 3. The van der Waals surface area contributed by atoms with Crippen molar-refractivity contribution in [2.24, 2.45) is 0 Å². The first-order valence-corrected chi connectivity index (χ1v) is 12.3. The molecule has 8 heteroatoms. The van der Waals surface area contributed by atoms with E-state index in [0.29, 0.717) is 39.5 Å². The molecule has 0 radical (unpaired) electrons. The van der Waals surface area contributed by atoms with Crippen LogP contribution in [0.2, 0.25) is 5.02 Å². The van der Waals surface area contributed by atoms with Crippen LogP contribution < -0.4 is 9.80 Å². The molecular weight excluding hydrogens is 495 g/mol. The zero-order valence-electron chi connectivity index (χ0n) is 20.4. The molecule has 0 fully saturated rings. The second-order valence-corrected chi connectivity index (χ2v) is 9.30. The topological polar surface area (TPSA) is 77.9 Å². The fourth-order valence-electron chi connectivity index (χ4n) is 4.68. The smallest absolute Gasteiger partial charge is 0.328 e. The lowest BCUT2D eigenvalue weighted by Gasteiger charge is -2.43. The fourth-order valence-corrected chi connectivity index (χ4v) is 4.80. The first kappa shape index (κ1) is 26.1. The van der Waals surface area contributed by atoms with Crippen molar-refractivity contribution in [3.05, 3.63) is 100 Å². The molecule has 190 valence electrons. The van der Waals surface area contributed by atoms with E-state index < -0.39 is 17.8 Å². The van der Waals surface area contributed by atoms with E-state index >= 15 is 0 Å². The van der Waals surface area contributed by atoms with Crippen LogP contribution in [0, 0.1) is 5.82 Å². The molecule has 0 saturated heterocycles. The number of amides is 2. The van der Waals surface area contributed by atoms with Gasteiger partial charge in [-0.1, -0.05) is 24.6 Å². The van der Waals surface area contributed by atoms with Crippen molar-refractivity contribution in [1.29, 1.82) is 0 Å². The molecule has 4 rings (SSSR count). The molecule has 0 aromatic heterocycles. The van der Waals surface area contributed by atoms with Gasteiger partial charge in [0.1, 0.15) is 5.82 Å². The Balaban J connectivity index is 1.87. The predicted octanol–water partition coefficient (Wildman–Crippen LogP) is 6.50. The fraction of sp³-hybridized carbons (Fsp3) is 0.207. The van der Waals surface area contributed by atoms with Gasteiger partial charge in [0.2, 0.25) is 5.91 Å². The van der Waals surface area contributed by atoms with Gasteiger partial charge in [0.05, 0.1) is 6.04 Å². The molecule has 0 spiro atoms. The van der Waals surface area contributed by atoms with Gasteiger partial charge in [-0.05, 0) is 91.2 Å². The number of carboxylic acid groups (broad SMARTS) is 1. The summed E-state index contributed by atoms with van der Waals surface area (Å²) in [7, 11) is 0. The standard InChI is InChI=1S/C29H26ClFN2O4/c1-3-27(34)33(23-12-8-21(30)9-13-23)26-16-18(2)32(29(37)20-6-10-22(31)11-7-20)25-14-4-19(17-24(25)26)5-15-28(35)36/h4-15,17-18,26H,3,16H2,1-2H3,(H,35,36)/t18-,26+/m1/s1. The van der Waals surface area contributed by atoms with Gasteiger partial charge in [-0.3, -0.25) is 9.59 Å². The quantitative estimate of drug-likeness (QED) is 0.376. The number of aliphatic carboxylic acids is 1. The van der Waals surface area contributed by atoms with Crippen LogP contribution in [0.3, 0.4) is 0 Å². The van der Waals surface area contributed by atoms with E-state index in [-0.39, 0.29) is 24.3 Å². The van der Waals surface area contributed by atoms with Gasteiger partial charge in [-0.15, -0.1) is 0 Å². The van der Waals surface area contributed by atoms with Crippen LogP contribution in [-0.2, 0) is 9.59 Å². The highest BCUT2D eigenvalue weighted by molar-refractivity contribution is 6.30. The molecule has 1 aliphatic rings. The third kappa shape index (κ3) is 5.57. The Morgan fingerprint density at radius 2 is 1.76 bits per heavy atom. The van der Waals surface area contributed by atoms with Gasteiger partial charge in [-0.2, -0.15) is 0 Å². The van der Waals surface area contributed by atoms with Gasteiger partial charge in [0, 0.05) is 40.5 Å². The minimum atomic E-state index is -1.08. The molecule has 1 heterocycles. The van der Waals surface area contributed by atoms with E-state index in [1.165, 1.54) is 30.3 Å². The van der Waals surface area contributed by atoms with Crippen LogP contribution in [0.25, 0.3) is 6.08 Å². The van der Waals surface area contributed by atoms with Crippen LogP contribution in [0.5, 0.6) is 0 Å². The second kappa shape index (κ2) is 11.0. The van der Waals surface area contributed by atoms with Gasteiger partial charge in [0.15, 0.2) is 0 Å². The zero-order valence-corrected chi connectivity index (χ0v) is 21.2. The molecule has 1 aliphatic heterocycles. The van der Waals surface area contributed by atoms with E-state index in [4.69, 9.17) is 16.7 Å². The molecule has 3 aromatic carbocycles. The van der Waals surface area contributed by atoms with E-state index in [1.54, 1.807) is 53.1 Å². The van der Waals surface area contributed by atoms with Crippen molar-refractivity contribution in [2.45, 2.75) is 38.8 Å². The molecule has 0 saturated carbocycles. The molecule has 3 aromatic rings. The lowest BCUT2D eigenvalue weighted by atomic mass is 9.88. The molecule has 6 nitrogen and oxygen atoms in total. The summed E-state index contributed by atoms with van der Waals surface area (Å²) < 4.78 is 13.5. The van der Waals surface area contributed by atoms with Crippen LogP contribution >= 0.6 is 11.6 Å². The predicted molar refractivity (Wildman–Crippen MR) is 142 cm³/mol. The van der Waals surface area contributed by atoms with Crippen LogP contribution in [-0.4, -0.2) is 28.9 Å². The third-order valence-electron chi connectivity index (χ3n) is 6.39. The second-order valence-electron chi connectivity index (χ2n) is 8.87. The highest BCUT2D eigenvalue weighted by Crippen LogP contribution is 2.43. The summed E-state index contributed by atoms with van der Waals surface area (Å²) in [6, 6.07) is 17.0. The number of carbonyl (C=O) groups is 3. The normalized spacial score (nSPS) is 16.9. The molecule has 0 unspecified atom stereocenters. The summed E-state index contributed by atoms with van der Waals surface area (Å²) in [6.45, 7) is 3.70. The summed E-state index contributed by atoms with van der Waals surface area (Å²) in [6.07, 6.45) is 3.20. The molecule has 0 aliphatic carbocycles. The molecule has 37 heavy (non-hydrogen) atoms. The zero-order chi connectivity index (χ0) is 26.7. The van der Waals surface area contributed by atoms with Gasteiger partial charge in [0.25, 0.3) is 5.91 Å². The number of anilines is 2. The van der Waals surface area contributed by atoms with Gasteiger partial charge in [-0.25, -0.2) is 9.18 Å². The summed E-state index contributed by atoms with van der Waals surface area (Å²) in [5.74, 6) is -1.91. The Bertz CT molecular complexity index is 1360. The minimum absolute atomic E-state index is 0.102. The van der Waals surface area contributed by atoms with E-state index in [0.717, 1.165) is 6.08 Å². The first-order valence-electron chi connectivity index (χ1n) is 11.9. The Morgan fingerprint density at radius 3 is 2.38 bits per heavy atom. The van der Waals surface area contributed by atoms with Crippen molar-refractivity contribution in [3.63, 3.8) is 0 Å². The first-order chi connectivity index (χ1) is 17.7. The van der Waals surface area contributed by atoms with Crippen molar-refractivity contribution in [1.82, 2.24) is 0 Å². The third-order valence-corrected chi connectivity index (χ3v) is 6.64. The molecule has 0 bridgehead atoms. The van der Waals surface area contributed by atoms with Gasteiger partial charge >= 0.3 is 5.97 Å². The number of rotatable bonds is 6. The number of nitrogens with zero attached hydrogens (tertiary/aromatic N) is 2. The lowest BCUT2D eigenvalue weighted by Crippen LogP contribution is -2.47. The average molecular weight is 521 g/mol. The Morgan fingerprint density at radius 1 is 1.08 bits per heavy atom. The molecule has 2 atom stereocenters. The highest BCUT2D eigenvalue weighted by atomic mass is 35.5. The maximum absolute atomic E-state index is 13.6. The summed E-state index contributed by atoms with van der Waals surface area (Å²) in [5, 5.41) is 9.64. The maximum atomic E-state index is 13.6. The Hall–Kier alpha value is -3.97. The summed E-state index contributed by atoms with van der Waals surface area (Å²) in [5.41, 5.74) is 2.94. The van der Waals surface area contributed by atoms with Crippen LogP contribution in [0.15, 0.2) is 72.8 Å². The monoisotopic (exact) mass is 520 g/mol. The van der Waals surface area contributed by atoms with Crippen molar-refractivity contribution >= 4 is 46.8 Å². The maximum Gasteiger partial charge on any atom is 0.328 e.